The van der Waals surface area contributed by atoms with Gasteiger partial charge < -0.3 is 48.6 Å². The molecule has 10 aromatic carbocycles. The Morgan fingerprint density at radius 3 is 1.94 bits per heavy atom. The second-order valence-electron chi connectivity index (χ2n) is 33.3. The number of azo groups is 1. The Balaban J connectivity index is 0.000000181. The predicted octanol–water partition coefficient (Wildman–Crippen LogP) is 23.9. The number of hydrogen-bond donors (Lipinski definition) is 6. The van der Waals surface area contributed by atoms with Crippen LogP contribution in [-0.4, -0.2) is 138 Å². The number of benzene rings is 10. The van der Waals surface area contributed by atoms with E-state index in [1.165, 1.54) is 57.8 Å². The van der Waals surface area contributed by atoms with Gasteiger partial charge in [-0.3, -0.25) is 34.5 Å². The van der Waals surface area contributed by atoms with Crippen LogP contribution in [0, 0.1) is 34.6 Å². The van der Waals surface area contributed by atoms with Crippen molar-refractivity contribution in [3.05, 3.63) is 285 Å². The van der Waals surface area contributed by atoms with Crippen molar-refractivity contribution in [3.63, 3.8) is 0 Å². The Hall–Kier alpha value is -12.8. The molecule has 5 amide bonds. The fraction of sp³-hybridized carbons (Fsp3) is 0.294. The van der Waals surface area contributed by atoms with Crippen LogP contribution in [0.5, 0.6) is 34.5 Å². The molecule has 143 heavy (non-hydrogen) atoms. The number of halogens is 8. The Labute approximate surface area is 868 Å². The molecule has 32 nitrogen and oxygen atoms in total. The van der Waals surface area contributed by atoms with Crippen molar-refractivity contribution in [1.29, 1.82) is 0 Å². The normalized spacial score (nSPS) is 14.5. The van der Waals surface area contributed by atoms with E-state index in [-0.39, 0.29) is 95.9 Å². The number of amidine groups is 2. The molecule has 6 unspecified atom stereocenters. The third kappa shape index (κ3) is 28.2. The van der Waals surface area contributed by atoms with Gasteiger partial charge in [0.05, 0.1) is 67.0 Å². The van der Waals surface area contributed by atoms with Crippen LogP contribution in [0.3, 0.4) is 0 Å². The number of unbranched alkanes of at least 4 members (excludes halogenated alkanes) is 5. The number of hydrazine groups is 1. The van der Waals surface area contributed by atoms with E-state index >= 15 is 0 Å². The van der Waals surface area contributed by atoms with Gasteiger partial charge in [0.1, 0.15) is 51.5 Å². The van der Waals surface area contributed by atoms with Crippen molar-refractivity contribution in [2.45, 2.75) is 164 Å². The third-order valence-corrected chi connectivity index (χ3v) is 25.4. The van der Waals surface area contributed by atoms with E-state index in [9.17, 15) is 33.0 Å². The van der Waals surface area contributed by atoms with Gasteiger partial charge in [-0.1, -0.05) is 224 Å². The highest BCUT2D eigenvalue weighted by atomic mass is 35.5. The number of fused-ring (bicyclic) bond motifs is 2. The zero-order valence-corrected chi connectivity index (χ0v) is 86.6. The number of carbonyl (C=O) groups excluding carboxylic acids is 6. The molecular weight excluding hydrogens is 2020 g/mol. The summed E-state index contributed by atoms with van der Waals surface area (Å²) in [6, 6.07) is 52.0. The topological polar surface area (TPSA) is 377 Å². The summed E-state index contributed by atoms with van der Waals surface area (Å²) in [5.74, 6) is 0.322. The van der Waals surface area contributed by atoms with E-state index < -0.39 is 59.2 Å². The highest BCUT2D eigenvalue weighted by Crippen LogP contribution is 2.43. The van der Waals surface area contributed by atoms with Crippen molar-refractivity contribution in [3.8, 4) is 34.5 Å². The number of hydrogen-bond acceptors (Lipinski definition) is 22. The average Bonchev–Trinajstić information content (AvgIpc) is 2.27. The molecule has 0 saturated carbocycles. The Morgan fingerprint density at radius 1 is 0.601 bits per heavy atom. The molecule has 5 heterocycles. The molecule has 748 valence electrons. The first-order valence-corrected chi connectivity index (χ1v) is 50.1. The lowest BCUT2D eigenvalue weighted by Crippen LogP contribution is -2.39. The van der Waals surface area contributed by atoms with Crippen LogP contribution in [0.25, 0.3) is 16.7 Å². The number of aromatic amines is 1. The SMILES string of the molecule is CCCCCCC(Oc1ccc(C)cc1C)C(=O)Nc1ccc(OCCOCC)c(OS(=O)NCC(C)c2nc3c(Cl)c(C)[nH]n3n2)c1.CCCCCc1cc(C)ccc1OC(CC)C(=O)Nc1cccc(C(=O)NC2=NN(c3c(Cl)cc(Cl)cc3Cl)C(=O)C2N=Nc2ccc(OC)cc2)c1.Cc1ccc(Cl)c(N=C2NN(c3c(Cl)cc(Cl)cc3Cl)C(=O)C2n2nnc3cc(C(=O)Oc4ccccc4)ccc32)c1. The number of anilines is 4. The number of nitrogens with zero attached hydrogens (tertiary/aromatic N) is 12. The molecule has 0 radical (unpaired) electrons. The van der Waals surface area contributed by atoms with E-state index in [4.69, 9.17) is 130 Å². The van der Waals surface area contributed by atoms with Gasteiger partial charge in [-0.25, -0.2) is 29.2 Å². The minimum absolute atomic E-state index is 0.0610. The number of para-hydroxylation sites is 1. The first-order valence-electron chi connectivity index (χ1n) is 46.0. The molecule has 6 atom stereocenters. The van der Waals surface area contributed by atoms with Gasteiger partial charge in [-0.2, -0.15) is 24.1 Å². The van der Waals surface area contributed by atoms with Gasteiger partial charge in [0.25, 0.3) is 40.8 Å². The molecular formula is C102H104Cl8N18O14S. The lowest BCUT2D eigenvalue weighted by atomic mass is 10.0. The number of methoxy groups -OCH3 is 1. The van der Waals surface area contributed by atoms with Crippen LogP contribution >= 0.6 is 92.8 Å². The van der Waals surface area contributed by atoms with Gasteiger partial charge in [0, 0.05) is 52.1 Å². The highest BCUT2D eigenvalue weighted by Gasteiger charge is 2.44. The number of rotatable bonds is 39. The zero-order valence-electron chi connectivity index (χ0n) is 79.8. The Bertz CT molecular complexity index is 6870. The number of nitrogens with one attached hydrogen (secondary N) is 6. The molecule has 15 rings (SSSR count). The van der Waals surface area contributed by atoms with Crippen LogP contribution in [-0.2, 0) is 41.6 Å². The van der Waals surface area contributed by atoms with Crippen LogP contribution in [0.2, 0.25) is 40.2 Å². The number of ether oxygens (including phenoxy) is 6. The van der Waals surface area contributed by atoms with Gasteiger partial charge in [-0.15, -0.1) is 15.3 Å². The first kappa shape index (κ1) is 108. The molecule has 0 bridgehead atoms. The van der Waals surface area contributed by atoms with Crippen LogP contribution in [0.1, 0.15) is 164 Å². The van der Waals surface area contributed by atoms with Crippen molar-refractivity contribution in [2.75, 3.05) is 54.1 Å². The number of carbonyl (C=O) groups is 6. The van der Waals surface area contributed by atoms with Crippen LogP contribution < -0.4 is 64.0 Å². The van der Waals surface area contributed by atoms with Crippen LogP contribution in [0.4, 0.5) is 34.1 Å². The first-order chi connectivity index (χ1) is 68.8. The third-order valence-electron chi connectivity index (χ3n) is 22.3. The lowest BCUT2D eigenvalue weighted by molar-refractivity contribution is -0.123. The molecule has 6 N–H and O–H groups in total. The minimum Gasteiger partial charge on any atom is -0.497 e. The van der Waals surface area contributed by atoms with E-state index in [0.29, 0.717) is 115 Å². The van der Waals surface area contributed by atoms with Crippen molar-refractivity contribution < 1.29 is 65.6 Å². The summed E-state index contributed by atoms with van der Waals surface area (Å²) in [4.78, 5) is 90.4. The summed E-state index contributed by atoms with van der Waals surface area (Å²) < 4.78 is 59.1. The van der Waals surface area contributed by atoms with Gasteiger partial charge in [0.2, 0.25) is 6.04 Å². The number of H-pyrrole nitrogens is 1. The largest absolute Gasteiger partial charge is 0.497 e. The number of esters is 1. The maximum Gasteiger partial charge on any atom is 0.343 e. The predicted molar refractivity (Wildman–Crippen MR) is 561 cm³/mol. The van der Waals surface area contributed by atoms with Gasteiger partial charge >= 0.3 is 5.97 Å². The maximum absolute atomic E-state index is 14.0. The van der Waals surface area contributed by atoms with E-state index in [1.54, 1.807) is 109 Å². The summed E-state index contributed by atoms with van der Waals surface area (Å²) in [6.45, 7) is 21.2. The number of aromatic nitrogens is 7. The second-order valence-corrected chi connectivity index (χ2v) is 37.5. The standard InChI is InChI=1S/C39H39Cl3N6O5.C34H47ClN6O6S.C29H18Cl4N6O3/c1-5-7-8-10-24-19-23(3)13-18-33(24)53-32(6-2)38(50)43-28-12-9-11-25(20-28)37(49)44-36-34(46-45-27-14-16-29(52-4)17-15-27)39(51)48(47-36)35-30(41)21-26(40)22-31(35)42;1-7-9-10-11-12-29(46-27-15-13-22(3)19-23(27)4)34(42)37-26-14-16-28(45-18-17-44-8-2)30(20-26)47-48(43)36-21-24(5)32-38-33-31(35)25(6)39-41(33)40-32;1-15-7-9-19(31)22(11-15)34-27-26(28(40)39(36-27)25-20(32)13-17(30)14-21(25)33)38-24-10-8-16(12-23(24)35-37-38)29(41)42-18-5-3-2-4-6-18/h9,11-22,32,34H,5-8,10H2,1-4H3,(H,43,50)(H,44,47,49);13-16,19-20,24,29,36,39H,7-12,17-18,21H2,1-6H3,(H,37,42);2-14,26H,1H3,(H,34,36). The molecule has 2 aliphatic heterocycles. The number of amides is 5. The highest BCUT2D eigenvalue weighted by molar-refractivity contribution is 7.78. The summed E-state index contributed by atoms with van der Waals surface area (Å²) in [7, 11) is 1.54. The minimum atomic E-state index is -1.96. The van der Waals surface area contributed by atoms with Crippen molar-refractivity contribution in [1.82, 2.24) is 50.3 Å². The van der Waals surface area contributed by atoms with Crippen molar-refractivity contribution >= 4 is 202 Å². The fourth-order valence-electron chi connectivity index (χ4n) is 14.9. The van der Waals surface area contributed by atoms with Crippen molar-refractivity contribution in [2.24, 2.45) is 20.3 Å². The Morgan fingerprint density at radius 2 is 1.26 bits per heavy atom. The van der Waals surface area contributed by atoms with Gasteiger partial charge in [0.15, 0.2) is 52.9 Å². The second kappa shape index (κ2) is 50.9. The molecule has 1 fully saturated rings. The number of hydrazone groups is 1. The molecule has 2 aliphatic rings. The quantitative estimate of drug-likeness (QED) is 0.00902. The van der Waals surface area contributed by atoms with E-state index in [2.05, 4.69) is 86.8 Å². The molecule has 13 aromatic rings. The molecule has 1 saturated heterocycles. The molecule has 41 heteroatoms. The molecule has 0 aliphatic carbocycles. The summed E-state index contributed by atoms with van der Waals surface area (Å²) in [5.41, 5.74) is 12.7. The average molecular weight is 2120 g/mol. The monoisotopic (exact) mass is 2120 g/mol. The molecule has 3 aromatic heterocycles. The molecule has 0 spiro atoms. The Kier molecular flexibility index (Phi) is 38.3. The van der Waals surface area contributed by atoms with E-state index in [1.807, 2.05) is 97.9 Å². The van der Waals surface area contributed by atoms with E-state index in [0.717, 1.165) is 89.9 Å². The number of aryl methyl sites for hydroxylation is 6. The lowest BCUT2D eigenvalue weighted by Gasteiger charge is -2.21. The summed E-state index contributed by atoms with van der Waals surface area (Å²) in [6.07, 6.45) is 7.69. The maximum atomic E-state index is 14.0. The number of aliphatic imine (C=N–C) groups is 1. The fourth-order valence-corrected chi connectivity index (χ4v) is 18.0. The smallest absolute Gasteiger partial charge is 0.343 e. The van der Waals surface area contributed by atoms with Crippen LogP contribution in [0.15, 0.2) is 214 Å². The van der Waals surface area contributed by atoms with Gasteiger partial charge in [-0.05, 0) is 224 Å². The summed E-state index contributed by atoms with van der Waals surface area (Å²) in [5, 5.41) is 41.3. The summed E-state index contributed by atoms with van der Waals surface area (Å²) >= 11 is 48.8. The zero-order chi connectivity index (χ0) is 102.